The molecule has 6 nitrogen and oxygen atoms in total. The minimum absolute atomic E-state index is 0.0107. The molecular formula is C16H23ClN4O2. The van der Waals surface area contributed by atoms with Crippen molar-refractivity contribution in [2.75, 3.05) is 18.4 Å². The van der Waals surface area contributed by atoms with Crippen molar-refractivity contribution in [3.63, 3.8) is 0 Å². The number of amides is 3. The maximum absolute atomic E-state index is 12.5. The first kappa shape index (κ1) is 17.6. The summed E-state index contributed by atoms with van der Waals surface area (Å²) in [6.07, 6.45) is 0.787. The minimum Gasteiger partial charge on any atom is -0.337 e. The van der Waals surface area contributed by atoms with Crippen LogP contribution in [0.2, 0.25) is 5.02 Å². The van der Waals surface area contributed by atoms with E-state index >= 15 is 0 Å². The number of urea groups is 1. The first-order valence-corrected chi connectivity index (χ1v) is 7.97. The molecule has 0 radical (unpaired) electrons. The number of nitrogens with zero attached hydrogens (tertiary/aromatic N) is 1. The fourth-order valence-corrected chi connectivity index (χ4v) is 2.61. The van der Waals surface area contributed by atoms with E-state index in [1.54, 1.807) is 23.1 Å². The van der Waals surface area contributed by atoms with E-state index in [1.807, 2.05) is 20.8 Å². The van der Waals surface area contributed by atoms with Crippen LogP contribution in [0.15, 0.2) is 18.2 Å². The molecule has 4 N–H and O–H groups in total. The predicted molar refractivity (Wildman–Crippen MR) is 91.9 cm³/mol. The Labute approximate surface area is 141 Å². The molecule has 1 atom stereocenters. The van der Waals surface area contributed by atoms with E-state index in [2.05, 4.69) is 10.6 Å². The molecular weight excluding hydrogens is 316 g/mol. The summed E-state index contributed by atoms with van der Waals surface area (Å²) < 4.78 is 0. The lowest BCUT2D eigenvalue weighted by Crippen LogP contribution is -2.43. The van der Waals surface area contributed by atoms with Crippen molar-refractivity contribution in [3.8, 4) is 0 Å². The Morgan fingerprint density at radius 3 is 2.61 bits per heavy atom. The van der Waals surface area contributed by atoms with Gasteiger partial charge in [-0.2, -0.15) is 0 Å². The third-order valence-electron chi connectivity index (χ3n) is 3.46. The molecule has 1 fully saturated rings. The number of carbonyl (C=O) groups excluding carboxylic acids is 2. The molecule has 0 aliphatic carbocycles. The lowest BCUT2D eigenvalue weighted by Gasteiger charge is -2.21. The van der Waals surface area contributed by atoms with Crippen LogP contribution in [-0.2, 0) is 0 Å². The summed E-state index contributed by atoms with van der Waals surface area (Å²) in [5, 5.41) is 5.87. The lowest BCUT2D eigenvalue weighted by molar-refractivity contribution is 0.0791. The third kappa shape index (κ3) is 4.84. The number of nitrogens with two attached hydrogens (primary N) is 1. The molecule has 126 valence electrons. The second-order valence-corrected chi connectivity index (χ2v) is 7.23. The number of halogens is 1. The van der Waals surface area contributed by atoms with Crippen LogP contribution >= 0.6 is 11.6 Å². The molecule has 0 bridgehead atoms. The van der Waals surface area contributed by atoms with E-state index in [4.69, 9.17) is 17.3 Å². The summed E-state index contributed by atoms with van der Waals surface area (Å²) >= 11 is 6.14. The molecule has 7 heteroatoms. The standard InChI is InChI=1S/C16H23ClN4O2/c1-16(2,3)20-15(23)19-11-4-5-13(17)12(8-11)14(22)21-7-6-10(18)9-21/h4-5,8,10H,6-7,9,18H2,1-3H3,(H2,19,20,23)/t10-/m1/s1. The van der Waals surface area contributed by atoms with Gasteiger partial charge in [0.1, 0.15) is 0 Å². The second-order valence-electron chi connectivity index (χ2n) is 6.82. The average Bonchev–Trinajstić information content (AvgIpc) is 2.84. The second kappa shape index (κ2) is 6.76. The molecule has 0 aromatic heterocycles. The van der Waals surface area contributed by atoms with E-state index in [-0.39, 0.29) is 23.5 Å². The van der Waals surface area contributed by atoms with Gasteiger partial charge in [0.15, 0.2) is 0 Å². The smallest absolute Gasteiger partial charge is 0.319 e. The molecule has 1 aliphatic rings. The highest BCUT2D eigenvalue weighted by Gasteiger charge is 2.26. The van der Waals surface area contributed by atoms with E-state index in [9.17, 15) is 9.59 Å². The van der Waals surface area contributed by atoms with Crippen molar-refractivity contribution < 1.29 is 9.59 Å². The van der Waals surface area contributed by atoms with Gasteiger partial charge in [-0.05, 0) is 45.4 Å². The Balaban J connectivity index is 2.12. The highest BCUT2D eigenvalue weighted by atomic mass is 35.5. The molecule has 1 saturated heterocycles. The minimum atomic E-state index is -0.346. The van der Waals surface area contributed by atoms with E-state index < -0.39 is 0 Å². The van der Waals surface area contributed by atoms with Crippen LogP contribution in [0.25, 0.3) is 0 Å². The average molecular weight is 339 g/mol. The number of anilines is 1. The van der Waals surface area contributed by atoms with Crippen LogP contribution in [-0.4, -0.2) is 41.5 Å². The molecule has 1 aliphatic heterocycles. The van der Waals surface area contributed by atoms with Crippen molar-refractivity contribution in [2.24, 2.45) is 5.73 Å². The summed E-state index contributed by atoms with van der Waals surface area (Å²) in [4.78, 5) is 26.1. The quantitative estimate of drug-likeness (QED) is 0.774. The molecule has 3 amide bonds. The zero-order valence-corrected chi connectivity index (χ0v) is 14.4. The van der Waals surface area contributed by atoms with Gasteiger partial charge in [0.2, 0.25) is 0 Å². The summed E-state index contributed by atoms with van der Waals surface area (Å²) in [7, 11) is 0. The zero-order chi connectivity index (χ0) is 17.2. The van der Waals surface area contributed by atoms with Crippen molar-refractivity contribution in [3.05, 3.63) is 28.8 Å². The third-order valence-corrected chi connectivity index (χ3v) is 3.78. The van der Waals surface area contributed by atoms with Crippen molar-refractivity contribution >= 4 is 29.2 Å². The number of nitrogens with one attached hydrogen (secondary N) is 2. The van der Waals surface area contributed by atoms with Crippen LogP contribution in [0, 0.1) is 0 Å². The molecule has 23 heavy (non-hydrogen) atoms. The van der Waals surface area contributed by atoms with Crippen LogP contribution in [0.3, 0.4) is 0 Å². The van der Waals surface area contributed by atoms with Crippen LogP contribution < -0.4 is 16.4 Å². The number of rotatable bonds is 2. The van der Waals surface area contributed by atoms with Gasteiger partial charge in [0.05, 0.1) is 10.6 Å². The number of carbonyl (C=O) groups is 2. The Hall–Kier alpha value is -1.79. The maximum atomic E-state index is 12.5. The normalized spacial score (nSPS) is 18.0. The first-order valence-electron chi connectivity index (χ1n) is 7.59. The fourth-order valence-electron chi connectivity index (χ4n) is 2.41. The van der Waals surface area contributed by atoms with E-state index in [1.165, 1.54) is 0 Å². The maximum Gasteiger partial charge on any atom is 0.319 e. The van der Waals surface area contributed by atoms with Gasteiger partial charge in [0, 0.05) is 30.4 Å². The molecule has 1 heterocycles. The Morgan fingerprint density at radius 1 is 1.35 bits per heavy atom. The lowest BCUT2D eigenvalue weighted by atomic mass is 10.1. The Morgan fingerprint density at radius 2 is 2.04 bits per heavy atom. The molecule has 2 rings (SSSR count). The molecule has 0 unspecified atom stereocenters. The van der Waals surface area contributed by atoms with Gasteiger partial charge < -0.3 is 21.3 Å². The highest BCUT2D eigenvalue weighted by molar-refractivity contribution is 6.34. The van der Waals surface area contributed by atoms with E-state index in [0.717, 1.165) is 6.42 Å². The van der Waals surface area contributed by atoms with Crippen LogP contribution in [0.5, 0.6) is 0 Å². The number of likely N-dealkylation sites (tertiary alicyclic amines) is 1. The van der Waals surface area contributed by atoms with Crippen LogP contribution in [0.1, 0.15) is 37.6 Å². The topological polar surface area (TPSA) is 87.5 Å². The van der Waals surface area contributed by atoms with Gasteiger partial charge in [-0.25, -0.2) is 4.79 Å². The predicted octanol–water partition coefficient (Wildman–Crippen LogP) is 2.43. The molecule has 0 spiro atoms. The number of benzene rings is 1. The summed E-state index contributed by atoms with van der Waals surface area (Å²) in [5.41, 5.74) is 6.38. The zero-order valence-electron chi connectivity index (χ0n) is 13.6. The van der Waals surface area contributed by atoms with Crippen LogP contribution in [0.4, 0.5) is 10.5 Å². The fraction of sp³-hybridized carbons (Fsp3) is 0.500. The summed E-state index contributed by atoms with van der Waals surface area (Å²) in [5.74, 6) is -0.164. The first-order chi connectivity index (χ1) is 10.7. The van der Waals surface area contributed by atoms with Crippen molar-refractivity contribution in [1.29, 1.82) is 0 Å². The van der Waals surface area contributed by atoms with Crippen molar-refractivity contribution in [1.82, 2.24) is 10.2 Å². The SMILES string of the molecule is CC(C)(C)NC(=O)Nc1ccc(Cl)c(C(=O)N2CC[C@@H](N)C2)c1. The van der Waals surface area contributed by atoms with E-state index in [0.29, 0.717) is 29.4 Å². The Kier molecular flexibility index (Phi) is 5.16. The summed E-state index contributed by atoms with van der Waals surface area (Å²) in [6, 6.07) is 4.55. The molecule has 0 saturated carbocycles. The Bertz CT molecular complexity index is 613. The monoisotopic (exact) mass is 338 g/mol. The van der Waals surface area contributed by atoms with Gasteiger partial charge in [0.25, 0.3) is 5.91 Å². The highest BCUT2D eigenvalue weighted by Crippen LogP contribution is 2.23. The number of hydrogen-bond donors (Lipinski definition) is 3. The van der Waals surface area contributed by atoms with Gasteiger partial charge in [-0.15, -0.1) is 0 Å². The molecule has 1 aromatic rings. The van der Waals surface area contributed by atoms with Gasteiger partial charge in [-0.3, -0.25) is 4.79 Å². The van der Waals surface area contributed by atoms with Crippen molar-refractivity contribution in [2.45, 2.75) is 38.8 Å². The van der Waals surface area contributed by atoms with Gasteiger partial charge >= 0.3 is 6.03 Å². The largest absolute Gasteiger partial charge is 0.337 e. The summed E-state index contributed by atoms with van der Waals surface area (Å²) in [6.45, 7) is 6.82. The number of hydrogen-bond acceptors (Lipinski definition) is 3. The van der Waals surface area contributed by atoms with Gasteiger partial charge in [-0.1, -0.05) is 11.6 Å². The molecule has 1 aromatic carbocycles.